The molecule has 2 aromatic carbocycles. The molecule has 2 aliphatic rings. The molecule has 1 aliphatic carbocycles. The van der Waals surface area contributed by atoms with Gasteiger partial charge in [-0.3, -0.25) is 19.3 Å². The van der Waals surface area contributed by atoms with Crippen LogP contribution in [0.4, 0.5) is 11.4 Å². The minimum atomic E-state index is -0.166. The van der Waals surface area contributed by atoms with Crippen molar-refractivity contribution in [3.63, 3.8) is 0 Å². The molecule has 1 atom stereocenters. The topological polar surface area (TPSA) is 66.5 Å². The Kier molecular flexibility index (Phi) is 4.99. The minimum absolute atomic E-state index is 0.0119. The monoisotopic (exact) mass is 376 g/mol. The molecular formula is C23H24N2O3. The van der Waals surface area contributed by atoms with E-state index in [0.717, 1.165) is 24.8 Å². The summed E-state index contributed by atoms with van der Waals surface area (Å²) in [5, 5.41) is 2.97. The van der Waals surface area contributed by atoms with Crippen LogP contribution in [0.3, 0.4) is 0 Å². The first-order valence-electron chi connectivity index (χ1n) is 9.87. The number of anilines is 2. The van der Waals surface area contributed by atoms with Gasteiger partial charge in [-0.05, 0) is 67.0 Å². The van der Waals surface area contributed by atoms with Crippen LogP contribution in [-0.4, -0.2) is 17.7 Å². The maximum Gasteiger partial charge on any atom is 0.234 e. The maximum absolute atomic E-state index is 12.6. The molecule has 0 bridgehead atoms. The fourth-order valence-corrected chi connectivity index (χ4v) is 4.33. The van der Waals surface area contributed by atoms with E-state index < -0.39 is 0 Å². The number of hydrogen-bond donors (Lipinski definition) is 1. The third-order valence-corrected chi connectivity index (χ3v) is 5.70. The van der Waals surface area contributed by atoms with Gasteiger partial charge in [0.1, 0.15) is 0 Å². The van der Waals surface area contributed by atoms with Gasteiger partial charge in [-0.15, -0.1) is 0 Å². The number of carbonyl (C=O) groups is 3. The highest BCUT2D eigenvalue weighted by Gasteiger charge is 2.31. The number of nitrogens with one attached hydrogen (secondary N) is 1. The van der Waals surface area contributed by atoms with Crippen LogP contribution < -0.4 is 10.2 Å². The molecule has 1 aliphatic heterocycles. The summed E-state index contributed by atoms with van der Waals surface area (Å²) in [5.41, 5.74) is 4.73. The first kappa shape index (κ1) is 18.4. The number of amides is 3. The second-order valence-corrected chi connectivity index (χ2v) is 7.66. The molecule has 1 unspecified atom stereocenters. The van der Waals surface area contributed by atoms with Gasteiger partial charge in [0, 0.05) is 24.9 Å². The van der Waals surface area contributed by atoms with Crippen LogP contribution in [0, 0.1) is 6.92 Å². The van der Waals surface area contributed by atoms with Crippen LogP contribution in [0.5, 0.6) is 0 Å². The zero-order valence-corrected chi connectivity index (χ0v) is 16.0. The molecule has 1 N–H and O–H groups in total. The summed E-state index contributed by atoms with van der Waals surface area (Å²) in [6.07, 6.45) is 4.21. The van der Waals surface area contributed by atoms with E-state index >= 15 is 0 Å². The van der Waals surface area contributed by atoms with Gasteiger partial charge in [0.15, 0.2) is 0 Å². The van der Waals surface area contributed by atoms with Gasteiger partial charge >= 0.3 is 0 Å². The molecule has 0 spiro atoms. The van der Waals surface area contributed by atoms with E-state index in [9.17, 15) is 14.4 Å². The zero-order chi connectivity index (χ0) is 19.7. The van der Waals surface area contributed by atoms with Crippen LogP contribution in [0.2, 0.25) is 0 Å². The van der Waals surface area contributed by atoms with Crippen molar-refractivity contribution < 1.29 is 14.4 Å². The quantitative estimate of drug-likeness (QED) is 0.817. The lowest BCUT2D eigenvalue weighted by Crippen LogP contribution is -2.29. The molecule has 1 saturated heterocycles. The van der Waals surface area contributed by atoms with Crippen molar-refractivity contribution in [2.24, 2.45) is 0 Å². The smallest absolute Gasteiger partial charge is 0.234 e. The predicted octanol–water partition coefficient (Wildman–Crippen LogP) is 4.10. The van der Waals surface area contributed by atoms with Crippen molar-refractivity contribution in [1.82, 2.24) is 0 Å². The van der Waals surface area contributed by atoms with E-state index in [1.54, 1.807) is 12.1 Å². The number of rotatable bonds is 4. The fraction of sp³-hybridized carbons (Fsp3) is 0.348. The van der Waals surface area contributed by atoms with Gasteiger partial charge in [-0.2, -0.15) is 0 Å². The number of hydrogen-bond acceptors (Lipinski definition) is 3. The van der Waals surface area contributed by atoms with Crippen molar-refractivity contribution >= 4 is 29.1 Å². The predicted molar refractivity (Wildman–Crippen MR) is 108 cm³/mol. The first-order chi connectivity index (χ1) is 13.5. The van der Waals surface area contributed by atoms with Gasteiger partial charge in [-0.1, -0.05) is 24.3 Å². The second-order valence-electron chi connectivity index (χ2n) is 7.66. The Morgan fingerprint density at radius 2 is 1.82 bits per heavy atom. The van der Waals surface area contributed by atoms with Crippen molar-refractivity contribution in [3.8, 4) is 0 Å². The molecule has 144 valence electrons. The minimum Gasteiger partial charge on any atom is -0.326 e. The van der Waals surface area contributed by atoms with E-state index in [1.807, 2.05) is 19.1 Å². The summed E-state index contributed by atoms with van der Waals surface area (Å²) < 4.78 is 0. The summed E-state index contributed by atoms with van der Waals surface area (Å²) in [7, 11) is 0. The Bertz CT molecular complexity index is 935. The summed E-state index contributed by atoms with van der Waals surface area (Å²) in [6.45, 7) is 1.85. The third kappa shape index (κ3) is 3.57. The Morgan fingerprint density at radius 1 is 1.07 bits per heavy atom. The van der Waals surface area contributed by atoms with Crippen molar-refractivity contribution in [2.75, 3.05) is 10.2 Å². The maximum atomic E-state index is 12.6. The summed E-state index contributed by atoms with van der Waals surface area (Å²) in [5.74, 6) is -0.0889. The molecule has 5 nitrogen and oxygen atoms in total. The van der Waals surface area contributed by atoms with E-state index in [-0.39, 0.29) is 36.5 Å². The number of nitrogens with zero attached hydrogens (tertiary/aromatic N) is 1. The average Bonchev–Trinajstić information content (AvgIpc) is 3.01. The van der Waals surface area contributed by atoms with Gasteiger partial charge in [-0.25, -0.2) is 0 Å². The van der Waals surface area contributed by atoms with Crippen LogP contribution in [-0.2, 0) is 20.8 Å². The number of benzene rings is 2. The van der Waals surface area contributed by atoms with Crippen molar-refractivity contribution in [1.29, 1.82) is 0 Å². The van der Waals surface area contributed by atoms with Gasteiger partial charge in [0.05, 0.1) is 5.69 Å². The zero-order valence-electron chi connectivity index (χ0n) is 16.0. The number of imide groups is 1. The van der Waals surface area contributed by atoms with E-state index in [4.69, 9.17) is 0 Å². The molecule has 1 fully saturated rings. The molecule has 5 heteroatoms. The van der Waals surface area contributed by atoms with E-state index in [0.29, 0.717) is 17.8 Å². The van der Waals surface area contributed by atoms with Crippen molar-refractivity contribution in [2.45, 2.75) is 51.4 Å². The third-order valence-electron chi connectivity index (χ3n) is 5.70. The van der Waals surface area contributed by atoms with Crippen LogP contribution in [0.25, 0.3) is 0 Å². The average molecular weight is 376 g/mol. The van der Waals surface area contributed by atoms with Crippen LogP contribution in [0.15, 0.2) is 42.5 Å². The molecule has 4 rings (SSSR count). The molecule has 0 aromatic heterocycles. The molecule has 28 heavy (non-hydrogen) atoms. The number of carbonyl (C=O) groups excluding carboxylic acids is 3. The van der Waals surface area contributed by atoms with E-state index in [1.165, 1.54) is 16.0 Å². The van der Waals surface area contributed by atoms with Crippen LogP contribution in [0.1, 0.15) is 54.7 Å². The normalized spacial score (nSPS) is 18.9. The lowest BCUT2D eigenvalue weighted by Gasteiger charge is -2.25. The Balaban J connectivity index is 1.45. The van der Waals surface area contributed by atoms with Crippen LogP contribution >= 0.6 is 0 Å². The molecule has 0 radical (unpaired) electrons. The SMILES string of the molecule is Cc1cc(NC(=O)CC2CCCc3ccccc32)ccc1N1C(=O)CCC1=O. The highest BCUT2D eigenvalue weighted by atomic mass is 16.2. The summed E-state index contributed by atoms with van der Waals surface area (Å²) in [6, 6.07) is 13.7. The van der Waals surface area contributed by atoms with Gasteiger partial charge < -0.3 is 5.32 Å². The first-order valence-corrected chi connectivity index (χ1v) is 9.87. The molecular weight excluding hydrogens is 352 g/mol. The van der Waals surface area contributed by atoms with Gasteiger partial charge in [0.2, 0.25) is 17.7 Å². The Morgan fingerprint density at radius 3 is 2.57 bits per heavy atom. The molecule has 3 amide bonds. The molecule has 0 saturated carbocycles. The Labute approximate surface area is 164 Å². The van der Waals surface area contributed by atoms with Gasteiger partial charge in [0.25, 0.3) is 0 Å². The highest BCUT2D eigenvalue weighted by Crippen LogP contribution is 2.34. The largest absolute Gasteiger partial charge is 0.326 e. The lowest BCUT2D eigenvalue weighted by atomic mass is 9.81. The number of fused-ring (bicyclic) bond motifs is 1. The lowest BCUT2D eigenvalue weighted by molar-refractivity contribution is -0.121. The van der Waals surface area contributed by atoms with Crippen molar-refractivity contribution in [3.05, 3.63) is 59.2 Å². The fourth-order valence-electron chi connectivity index (χ4n) is 4.33. The molecule has 2 aromatic rings. The number of aryl methyl sites for hydroxylation is 2. The standard InChI is InChI=1S/C23H24N2O3/c1-15-13-18(9-10-20(15)25-22(27)11-12-23(25)28)24-21(26)14-17-7-4-6-16-5-2-3-8-19(16)17/h2-3,5,8-10,13,17H,4,6-7,11-12,14H2,1H3,(H,24,26). The highest BCUT2D eigenvalue weighted by molar-refractivity contribution is 6.20. The Hall–Kier alpha value is -2.95. The summed E-state index contributed by atoms with van der Waals surface area (Å²) >= 11 is 0. The summed E-state index contributed by atoms with van der Waals surface area (Å²) in [4.78, 5) is 37.8. The van der Waals surface area contributed by atoms with E-state index in [2.05, 4.69) is 23.5 Å². The second kappa shape index (κ2) is 7.58. The molecule has 1 heterocycles.